The van der Waals surface area contributed by atoms with Gasteiger partial charge in [0.25, 0.3) is 10.2 Å². The normalized spacial score (nSPS) is 12.0. The number of aryl methyl sites for hydroxylation is 1. The Morgan fingerprint density at radius 1 is 1.20 bits per heavy atom. The molecule has 3 rings (SSSR count). The quantitative estimate of drug-likeness (QED) is 0.456. The van der Waals surface area contributed by atoms with E-state index in [-0.39, 0.29) is 6.42 Å². The molecule has 0 radical (unpaired) electrons. The lowest BCUT2D eigenvalue weighted by atomic mass is 9.99. The molecule has 8 nitrogen and oxygen atoms in total. The Bertz CT molecular complexity index is 1120. The number of carboxylic acid groups (broad SMARTS) is 1. The van der Waals surface area contributed by atoms with E-state index >= 15 is 0 Å². The second-order valence-electron chi connectivity index (χ2n) is 7.33. The molecule has 0 unspecified atom stereocenters. The molecule has 0 aliphatic carbocycles. The summed E-state index contributed by atoms with van der Waals surface area (Å²) in [5.74, 6) is -0.838. The maximum atomic E-state index is 11.9. The third-order valence-electron chi connectivity index (χ3n) is 4.93. The molecule has 1 aromatic carbocycles. The highest BCUT2D eigenvalue weighted by atomic mass is 32.2. The van der Waals surface area contributed by atoms with Gasteiger partial charge in [0, 0.05) is 56.1 Å². The van der Waals surface area contributed by atoms with Crippen LogP contribution < -0.4 is 4.72 Å². The van der Waals surface area contributed by atoms with Gasteiger partial charge in [0.05, 0.1) is 6.42 Å². The monoisotopic (exact) mass is 430 g/mol. The van der Waals surface area contributed by atoms with E-state index in [1.54, 1.807) is 12.4 Å². The first-order valence-electron chi connectivity index (χ1n) is 9.66. The molecule has 0 saturated heterocycles. The van der Waals surface area contributed by atoms with Crippen molar-refractivity contribution in [2.45, 2.75) is 25.7 Å². The number of pyridine rings is 1. The first-order valence-corrected chi connectivity index (χ1v) is 11.1. The molecule has 2 heterocycles. The molecule has 2 aromatic heterocycles. The Kier molecular flexibility index (Phi) is 6.86. The van der Waals surface area contributed by atoms with Crippen LogP contribution in [0.2, 0.25) is 0 Å². The van der Waals surface area contributed by atoms with E-state index in [0.29, 0.717) is 25.8 Å². The van der Waals surface area contributed by atoms with Crippen molar-refractivity contribution in [2.24, 2.45) is 0 Å². The average Bonchev–Trinajstić information content (AvgIpc) is 3.04. The Labute approximate surface area is 176 Å². The summed E-state index contributed by atoms with van der Waals surface area (Å²) in [6.45, 7) is 0.292. The summed E-state index contributed by atoms with van der Waals surface area (Å²) >= 11 is 0. The fraction of sp³-hybridized carbons (Fsp3) is 0.333. The zero-order chi connectivity index (χ0) is 21.7. The number of aromatic nitrogens is 2. The van der Waals surface area contributed by atoms with Gasteiger partial charge >= 0.3 is 5.97 Å². The lowest BCUT2D eigenvalue weighted by Gasteiger charge is -2.12. The molecule has 3 N–H and O–H groups in total. The highest BCUT2D eigenvalue weighted by molar-refractivity contribution is 7.87. The number of carboxylic acids is 1. The molecule has 0 spiro atoms. The fourth-order valence-corrected chi connectivity index (χ4v) is 3.93. The van der Waals surface area contributed by atoms with Crippen LogP contribution in [0, 0.1) is 0 Å². The van der Waals surface area contributed by atoms with E-state index in [0.717, 1.165) is 37.6 Å². The summed E-state index contributed by atoms with van der Waals surface area (Å²) in [6, 6.07) is 9.83. The van der Waals surface area contributed by atoms with Crippen LogP contribution in [-0.4, -0.2) is 54.4 Å². The minimum absolute atomic E-state index is 0.0477. The van der Waals surface area contributed by atoms with Gasteiger partial charge in [-0.05, 0) is 47.7 Å². The van der Waals surface area contributed by atoms with Crippen LogP contribution in [0.15, 0.2) is 42.7 Å². The molecule has 0 atom stereocenters. The van der Waals surface area contributed by atoms with Gasteiger partial charge in [-0.25, -0.2) is 4.72 Å². The van der Waals surface area contributed by atoms with E-state index < -0.39 is 16.2 Å². The van der Waals surface area contributed by atoms with Gasteiger partial charge in [-0.3, -0.25) is 9.78 Å². The summed E-state index contributed by atoms with van der Waals surface area (Å²) in [7, 11) is -0.489. The molecule has 0 bridgehead atoms. The van der Waals surface area contributed by atoms with Crippen molar-refractivity contribution in [3.8, 4) is 0 Å². The van der Waals surface area contributed by atoms with Crippen LogP contribution >= 0.6 is 0 Å². The Morgan fingerprint density at radius 3 is 2.67 bits per heavy atom. The van der Waals surface area contributed by atoms with Crippen LogP contribution in [-0.2, 0) is 34.3 Å². The van der Waals surface area contributed by atoms with E-state index in [1.165, 1.54) is 14.1 Å². The van der Waals surface area contributed by atoms with E-state index in [1.807, 2.05) is 30.3 Å². The topological polar surface area (TPSA) is 115 Å². The van der Waals surface area contributed by atoms with Crippen molar-refractivity contribution in [2.75, 3.05) is 20.6 Å². The molecule has 0 fully saturated rings. The molecule has 0 aliphatic rings. The summed E-state index contributed by atoms with van der Waals surface area (Å²) in [6.07, 6.45) is 5.17. The first-order chi connectivity index (χ1) is 14.3. The van der Waals surface area contributed by atoms with Gasteiger partial charge in [0.2, 0.25) is 0 Å². The fourth-order valence-electron chi connectivity index (χ4n) is 3.31. The molecule has 0 aliphatic heterocycles. The number of rotatable bonds is 10. The van der Waals surface area contributed by atoms with E-state index in [4.69, 9.17) is 5.11 Å². The van der Waals surface area contributed by atoms with Crippen LogP contribution in [0.5, 0.6) is 0 Å². The third kappa shape index (κ3) is 5.44. The zero-order valence-electron chi connectivity index (χ0n) is 17.1. The molecular weight excluding hydrogens is 404 g/mol. The number of nitrogens with zero attached hydrogens (tertiary/aromatic N) is 2. The average molecular weight is 431 g/mol. The van der Waals surface area contributed by atoms with Gasteiger partial charge in [-0.15, -0.1) is 0 Å². The highest BCUT2D eigenvalue weighted by Crippen LogP contribution is 2.27. The molecular formula is C21H26N4O4S. The summed E-state index contributed by atoms with van der Waals surface area (Å²) in [4.78, 5) is 18.6. The molecule has 3 aromatic rings. The number of H-pyrrole nitrogens is 1. The maximum Gasteiger partial charge on any atom is 0.303 e. The van der Waals surface area contributed by atoms with Crippen molar-refractivity contribution < 1.29 is 18.3 Å². The van der Waals surface area contributed by atoms with Gasteiger partial charge in [-0.2, -0.15) is 12.7 Å². The van der Waals surface area contributed by atoms with Crippen molar-refractivity contribution >= 4 is 27.1 Å². The third-order valence-corrected chi connectivity index (χ3v) is 6.46. The number of aliphatic carboxylic acids is 1. The molecule has 0 saturated carbocycles. The lowest BCUT2D eigenvalue weighted by molar-refractivity contribution is -0.136. The van der Waals surface area contributed by atoms with Crippen molar-refractivity contribution in [1.29, 1.82) is 0 Å². The number of aromatic amines is 1. The number of fused-ring (bicyclic) bond motifs is 1. The number of nitrogens with one attached hydrogen (secondary N) is 2. The predicted octanol–water partition coefficient (Wildman–Crippen LogP) is 2.11. The Morgan fingerprint density at radius 2 is 2.00 bits per heavy atom. The van der Waals surface area contributed by atoms with Crippen LogP contribution in [0.1, 0.15) is 28.8 Å². The van der Waals surface area contributed by atoms with Crippen LogP contribution in [0.4, 0.5) is 0 Å². The summed E-state index contributed by atoms with van der Waals surface area (Å²) < 4.78 is 27.5. The van der Waals surface area contributed by atoms with Crippen molar-refractivity contribution in [1.82, 2.24) is 19.0 Å². The summed E-state index contributed by atoms with van der Waals surface area (Å²) in [5, 5.41) is 10.1. The molecule has 30 heavy (non-hydrogen) atoms. The minimum Gasteiger partial charge on any atom is -0.481 e. The second kappa shape index (κ2) is 9.38. The smallest absolute Gasteiger partial charge is 0.303 e. The number of hydrogen-bond acceptors (Lipinski definition) is 4. The van der Waals surface area contributed by atoms with Gasteiger partial charge < -0.3 is 10.1 Å². The second-order valence-corrected chi connectivity index (χ2v) is 9.29. The number of hydrogen-bond donors (Lipinski definition) is 3. The van der Waals surface area contributed by atoms with E-state index in [2.05, 4.69) is 14.7 Å². The standard InChI is InChI=1S/C21H26N4O4S/c1-25(2)30(28,29)23-11-9-15-5-6-19-17(12-15)18(13-16-4-3-10-22-14-16)20(24-19)7-8-21(26)27/h3-6,10,12,14,23-24H,7-9,11,13H2,1-2H3,(H,26,27). The number of carbonyl (C=O) groups is 1. The maximum absolute atomic E-state index is 11.9. The van der Waals surface area contributed by atoms with Gasteiger partial charge in [0.1, 0.15) is 0 Å². The SMILES string of the molecule is CN(C)S(=O)(=O)NCCc1ccc2[nH]c(CCC(=O)O)c(Cc3cccnc3)c2c1. The molecule has 0 amide bonds. The van der Waals surface area contributed by atoms with Gasteiger partial charge in [0.15, 0.2) is 0 Å². The lowest BCUT2D eigenvalue weighted by Crippen LogP contribution is -2.36. The van der Waals surface area contributed by atoms with Crippen molar-refractivity contribution in [3.05, 3.63) is 65.1 Å². The largest absolute Gasteiger partial charge is 0.481 e. The first kappa shape index (κ1) is 21.9. The highest BCUT2D eigenvalue weighted by Gasteiger charge is 2.15. The van der Waals surface area contributed by atoms with Crippen molar-refractivity contribution in [3.63, 3.8) is 0 Å². The zero-order valence-corrected chi connectivity index (χ0v) is 17.9. The Balaban J connectivity index is 1.88. The molecule has 9 heteroatoms. The Hall–Kier alpha value is -2.75. The minimum atomic E-state index is -3.46. The number of benzene rings is 1. The van der Waals surface area contributed by atoms with Gasteiger partial charge in [-0.1, -0.05) is 12.1 Å². The van der Waals surface area contributed by atoms with Crippen LogP contribution in [0.3, 0.4) is 0 Å². The molecule has 160 valence electrons. The summed E-state index contributed by atoms with van der Waals surface area (Å²) in [5.41, 5.74) is 4.93. The predicted molar refractivity (Wildman–Crippen MR) is 116 cm³/mol. The van der Waals surface area contributed by atoms with E-state index in [9.17, 15) is 13.2 Å². The van der Waals surface area contributed by atoms with Crippen LogP contribution in [0.25, 0.3) is 10.9 Å².